The maximum Gasteiger partial charge on any atom is 0.251 e. The van der Waals surface area contributed by atoms with E-state index in [9.17, 15) is 20.1 Å². The fraction of sp³-hybridized carbons (Fsp3) is 0.319. The van der Waals surface area contributed by atoms with Crippen molar-refractivity contribution in [1.29, 1.82) is 0 Å². The van der Waals surface area contributed by atoms with E-state index in [0.717, 1.165) is 84.7 Å². The molecule has 7 heterocycles. The number of amides is 1. The second kappa shape index (κ2) is 43.7. The summed E-state index contributed by atoms with van der Waals surface area (Å²) < 4.78 is 5.23. The molecule has 0 unspecified atom stereocenters. The summed E-state index contributed by atoms with van der Waals surface area (Å²) in [7, 11) is 3.20. The van der Waals surface area contributed by atoms with Crippen molar-refractivity contribution in [3.8, 4) is 23.0 Å². The molecule has 0 spiro atoms. The molecule has 0 atom stereocenters. The number of methoxy groups -OCH3 is 1. The van der Waals surface area contributed by atoms with Crippen LogP contribution in [0, 0.1) is 27.7 Å². The van der Waals surface area contributed by atoms with Crippen LogP contribution in [0.3, 0.4) is 0 Å². The summed E-state index contributed by atoms with van der Waals surface area (Å²) in [6, 6.07) is 47.1. The fourth-order valence-corrected chi connectivity index (χ4v) is 11.1. The third kappa shape index (κ3) is 34.6. The van der Waals surface area contributed by atoms with Gasteiger partial charge in [-0.05, 0) is 255 Å². The predicted molar refractivity (Wildman–Crippen MR) is 515 cm³/mol. The first kappa shape index (κ1) is 97.2. The van der Waals surface area contributed by atoms with Gasteiger partial charge in [-0.2, -0.15) is 29.9 Å². The lowest BCUT2D eigenvalue weighted by molar-refractivity contribution is 0.0963. The lowest BCUT2D eigenvalue weighted by Gasteiger charge is -2.21. The Morgan fingerprint density at radius 1 is 0.333 bits per heavy atom. The van der Waals surface area contributed by atoms with Gasteiger partial charge in [0.25, 0.3) is 5.91 Å². The smallest absolute Gasteiger partial charge is 0.251 e. The molecule has 0 radical (unpaired) electrons. The summed E-state index contributed by atoms with van der Waals surface area (Å²) in [6.07, 6.45) is 12.3. The number of carbonyl (C=O) groups excluding carboxylic acids is 1. The Balaban J connectivity index is 0.000000188. The number of halogens is 1. The number of nitrogens with one attached hydrogen (secondary N) is 13. The molecule has 0 aliphatic rings. The molecule has 1 amide bonds. The SMILES string of the molecule is CC(C)(C)Nc1nccc(Nc2ccc(O)cc2)n1.CC(C)(C)Nc1nccc(Nc2cccc(O)c2)n1.CNC(=O)c1cccc(Nc2nc(NC(C)(C)C)ncc2C)c1.COc1cc(Nc2nc(NC(C)(C)C)ncc2C)ccc1Cl.Cc1cnc(NC(C)(C)C)nc1Nc1cccc(O)c1.Cc1cnc(NC(C)(C)C)nc1Nc1nccc2ccccc12. The minimum Gasteiger partial charge on any atom is -0.508 e. The minimum atomic E-state index is -0.122. The number of phenols is 3. The second-order valence-corrected chi connectivity index (χ2v) is 35.9. The van der Waals surface area contributed by atoms with Crippen LogP contribution in [0.5, 0.6) is 23.0 Å². The summed E-state index contributed by atoms with van der Waals surface area (Å²) in [4.78, 5) is 68.6. The van der Waals surface area contributed by atoms with E-state index in [0.29, 0.717) is 69.5 Å². The number of nitrogens with zero attached hydrogens (tertiary/aromatic N) is 13. The number of ether oxygens (including phenoxy) is 1. The number of aromatic nitrogens is 13. The zero-order valence-electron chi connectivity index (χ0n) is 76.4. The molecule has 0 saturated heterocycles. The summed E-state index contributed by atoms with van der Waals surface area (Å²) in [5.74, 6) is 9.74. The van der Waals surface area contributed by atoms with Crippen LogP contribution in [0.25, 0.3) is 10.8 Å². The Bertz CT molecular complexity index is 5720. The molecule has 0 aliphatic heterocycles. The van der Waals surface area contributed by atoms with Gasteiger partial charge in [0.05, 0.1) is 12.1 Å². The number of fused-ring (bicyclic) bond motifs is 1. The lowest BCUT2D eigenvalue weighted by Crippen LogP contribution is -2.27. The van der Waals surface area contributed by atoms with Crippen LogP contribution in [0.1, 0.15) is 157 Å². The Kier molecular flexibility index (Phi) is 33.7. The number of benzene rings is 6. The molecule has 31 nitrogen and oxygen atoms in total. The molecule has 0 fully saturated rings. The average Bonchev–Trinajstić information content (AvgIpc) is 0.664. The van der Waals surface area contributed by atoms with Gasteiger partial charge in [0.2, 0.25) is 35.7 Å². The van der Waals surface area contributed by atoms with Crippen LogP contribution < -0.4 is 73.9 Å². The third-order valence-corrected chi connectivity index (χ3v) is 16.7. The molecule has 0 bridgehead atoms. The predicted octanol–water partition coefficient (Wildman–Crippen LogP) is 21.5. The van der Waals surface area contributed by atoms with Crippen molar-refractivity contribution in [2.24, 2.45) is 0 Å². The topological polar surface area (TPSA) is 411 Å². The van der Waals surface area contributed by atoms with Gasteiger partial charge < -0.3 is 89.2 Å². The number of rotatable bonds is 20. The number of hydrogen-bond acceptors (Lipinski definition) is 30. The monoisotopic (exact) mass is 1730 g/mol. The first-order chi connectivity index (χ1) is 59.2. The van der Waals surface area contributed by atoms with E-state index in [4.69, 9.17) is 16.3 Å². The molecular formula is C94H121ClN26O5. The molecule has 6 aromatic carbocycles. The van der Waals surface area contributed by atoms with Crippen molar-refractivity contribution in [3.63, 3.8) is 0 Å². The molecule has 13 aromatic rings. The summed E-state index contributed by atoms with van der Waals surface area (Å²) >= 11 is 6.04. The molecular weight excluding hydrogens is 1610 g/mol. The van der Waals surface area contributed by atoms with Gasteiger partial charge in [0.1, 0.15) is 63.7 Å². The van der Waals surface area contributed by atoms with Crippen molar-refractivity contribution in [1.82, 2.24) is 70.1 Å². The number of anilines is 18. The molecule has 16 N–H and O–H groups in total. The highest BCUT2D eigenvalue weighted by molar-refractivity contribution is 6.32. The Hall–Kier alpha value is -14.2. The normalized spacial score (nSPS) is 11.2. The van der Waals surface area contributed by atoms with Crippen molar-refractivity contribution in [3.05, 3.63) is 234 Å². The zero-order valence-corrected chi connectivity index (χ0v) is 77.2. The third-order valence-electron chi connectivity index (χ3n) is 16.4. The van der Waals surface area contributed by atoms with Gasteiger partial charge in [0, 0.05) is 163 Å². The van der Waals surface area contributed by atoms with E-state index in [1.807, 2.05) is 109 Å². The van der Waals surface area contributed by atoms with Gasteiger partial charge >= 0.3 is 0 Å². The Morgan fingerprint density at radius 2 is 0.683 bits per heavy atom. The number of phenolic OH excluding ortho intramolecular Hbond substituents is 3. The molecule has 13 rings (SSSR count). The van der Waals surface area contributed by atoms with Crippen molar-refractivity contribution < 1.29 is 24.9 Å². The van der Waals surface area contributed by atoms with E-state index < -0.39 is 0 Å². The highest BCUT2D eigenvalue weighted by Crippen LogP contribution is 2.33. The lowest BCUT2D eigenvalue weighted by atomic mass is 10.1. The fourth-order valence-electron chi connectivity index (χ4n) is 10.9. The first-order valence-corrected chi connectivity index (χ1v) is 41.2. The summed E-state index contributed by atoms with van der Waals surface area (Å²) in [5.41, 5.74) is 7.86. The quantitative estimate of drug-likeness (QED) is 0.0315. The maximum absolute atomic E-state index is 11.7. The van der Waals surface area contributed by atoms with Gasteiger partial charge in [-0.3, -0.25) is 4.79 Å². The van der Waals surface area contributed by atoms with E-state index >= 15 is 0 Å². The van der Waals surface area contributed by atoms with Crippen molar-refractivity contribution in [2.45, 2.75) is 186 Å². The minimum absolute atomic E-state index is 0.0862. The van der Waals surface area contributed by atoms with Crippen LogP contribution in [0.4, 0.5) is 105 Å². The van der Waals surface area contributed by atoms with Crippen LogP contribution in [0.2, 0.25) is 5.02 Å². The van der Waals surface area contributed by atoms with Crippen molar-refractivity contribution in [2.75, 3.05) is 78.0 Å². The van der Waals surface area contributed by atoms with Gasteiger partial charge in [-0.15, -0.1) is 0 Å². The molecule has 126 heavy (non-hydrogen) atoms. The molecule has 0 aliphatic carbocycles. The van der Waals surface area contributed by atoms with Crippen LogP contribution in [0.15, 0.2) is 201 Å². The van der Waals surface area contributed by atoms with Gasteiger partial charge in [-0.1, -0.05) is 54.1 Å². The van der Waals surface area contributed by atoms with Crippen LogP contribution in [-0.4, -0.2) is 133 Å². The number of hydrogen-bond donors (Lipinski definition) is 16. The zero-order chi connectivity index (χ0) is 92.3. The number of aryl methyl sites for hydroxylation is 4. The molecule has 0 saturated carbocycles. The van der Waals surface area contributed by atoms with Gasteiger partial charge in [0.15, 0.2) is 0 Å². The van der Waals surface area contributed by atoms with E-state index in [2.05, 4.69) is 250 Å². The Labute approximate surface area is 744 Å². The largest absolute Gasteiger partial charge is 0.508 e. The molecule has 664 valence electrons. The van der Waals surface area contributed by atoms with E-state index in [1.54, 1.807) is 142 Å². The van der Waals surface area contributed by atoms with E-state index in [1.165, 1.54) is 0 Å². The highest BCUT2D eigenvalue weighted by Gasteiger charge is 2.20. The number of carbonyl (C=O) groups is 1. The standard InChI is InChI=1S/C18H21N5.C17H23N5O.C16H21ClN4O.C15H20N4O.2C14H18N4O/c1-12-11-20-17(23-18(2,3)4)22-15(12)21-16-14-8-6-5-7-13(14)9-10-19-16;1-11-10-19-16(22-17(2,3)4)21-14(11)20-13-8-6-7-12(9-13)15(23)18-5;1-10-9-18-15(21-16(2,3)4)20-14(10)19-11-6-7-12(17)13(8-11)22-5;1-10-9-16-14(19-15(2,3)4)18-13(10)17-11-6-5-7-12(20)8-11;1-14(2,3)18-13-15-9-8-12(17-13)16-10-4-6-11(19)7-5-10;1-14(2,3)18-13-15-8-7-12(17-13)16-10-5-4-6-11(19)9-10/h5-11H,1-4H3,(H2,19,20,21,22,23);6-10H,1-5H3,(H,18,23)(H2,19,20,21,22);6-9H,1-5H3,(H2,18,19,20,21);5-9,20H,1-4H3,(H2,16,17,18,19);2*4-9,19H,1-3H3,(H2,15,16,17,18). The summed E-state index contributed by atoms with van der Waals surface area (Å²) in [6.45, 7) is 44.8. The molecule has 32 heteroatoms. The first-order valence-electron chi connectivity index (χ1n) is 40.9. The number of pyridine rings is 1. The Morgan fingerprint density at radius 3 is 1.08 bits per heavy atom. The van der Waals surface area contributed by atoms with Crippen LogP contribution >= 0.6 is 11.6 Å². The van der Waals surface area contributed by atoms with E-state index in [-0.39, 0.29) is 56.4 Å². The average molecular weight is 1730 g/mol. The number of aromatic hydroxyl groups is 3. The summed E-state index contributed by atoms with van der Waals surface area (Å²) in [5, 5.41) is 72.3. The maximum atomic E-state index is 11.7. The van der Waals surface area contributed by atoms with Crippen LogP contribution in [-0.2, 0) is 0 Å². The second-order valence-electron chi connectivity index (χ2n) is 35.5. The van der Waals surface area contributed by atoms with Gasteiger partial charge in [-0.25, -0.2) is 34.9 Å². The highest BCUT2D eigenvalue weighted by atomic mass is 35.5. The molecule has 7 aromatic heterocycles. The van der Waals surface area contributed by atoms with Crippen molar-refractivity contribution >= 4 is 133 Å².